The number of hydrogen-bond acceptors (Lipinski definition) is 5. The molecule has 1 N–H and O–H groups in total. The van der Waals surface area contributed by atoms with Crippen LogP contribution in [0.4, 0.5) is 5.82 Å². The van der Waals surface area contributed by atoms with Gasteiger partial charge in [0.05, 0.1) is 30.0 Å². The molecule has 4 rings (SSSR count). The van der Waals surface area contributed by atoms with Crippen LogP contribution < -0.4 is 10.1 Å². The van der Waals surface area contributed by atoms with Crippen LogP contribution in [-0.4, -0.2) is 32.2 Å². The fourth-order valence-corrected chi connectivity index (χ4v) is 3.25. The molecule has 0 atom stereocenters. The third kappa shape index (κ3) is 2.91. The normalized spacial score (nSPS) is 15.0. The van der Waals surface area contributed by atoms with Crippen LogP contribution >= 0.6 is 0 Å². The Labute approximate surface area is 140 Å². The molecule has 6 heteroatoms. The second kappa shape index (κ2) is 6.47. The van der Waals surface area contributed by atoms with Gasteiger partial charge in [-0.2, -0.15) is 0 Å². The van der Waals surface area contributed by atoms with Gasteiger partial charge >= 0.3 is 0 Å². The van der Waals surface area contributed by atoms with Crippen LogP contribution in [0.1, 0.15) is 32.6 Å². The first kappa shape index (κ1) is 14.9. The Kier molecular flexibility index (Phi) is 4.02. The molecular weight excluding hydrogens is 302 g/mol. The molecule has 124 valence electrons. The monoisotopic (exact) mass is 323 g/mol. The Morgan fingerprint density at radius 3 is 2.96 bits per heavy atom. The zero-order valence-electron chi connectivity index (χ0n) is 13.8. The average Bonchev–Trinajstić information content (AvgIpc) is 3.24. The topological polar surface area (TPSA) is 64.9 Å². The molecule has 1 fully saturated rings. The Morgan fingerprint density at radius 1 is 1.25 bits per heavy atom. The number of nitrogens with one attached hydrogen (secondary N) is 1. The lowest BCUT2D eigenvalue weighted by atomic mass is 10.2. The van der Waals surface area contributed by atoms with Crippen LogP contribution in [0.15, 0.2) is 36.9 Å². The summed E-state index contributed by atoms with van der Waals surface area (Å²) in [7, 11) is 0. The average molecular weight is 323 g/mol. The van der Waals surface area contributed by atoms with Crippen molar-refractivity contribution in [2.75, 3.05) is 11.9 Å². The van der Waals surface area contributed by atoms with E-state index in [9.17, 15) is 0 Å². The molecular formula is C18H21N5O. The zero-order valence-corrected chi connectivity index (χ0v) is 13.8. The first-order valence-electron chi connectivity index (χ1n) is 8.52. The molecule has 0 unspecified atom stereocenters. The predicted octanol–water partition coefficient (Wildman–Crippen LogP) is 3.57. The number of ether oxygens (including phenoxy) is 1. The smallest absolute Gasteiger partial charge is 0.159 e. The SMILES string of the molecule is CCOc1ccc2ncn(-c3cncc(NC4CCCC4)n3)c2c1. The molecule has 0 amide bonds. The molecule has 1 aliphatic carbocycles. The van der Waals surface area contributed by atoms with Gasteiger partial charge in [0.15, 0.2) is 5.82 Å². The van der Waals surface area contributed by atoms with Crippen LogP contribution in [0.25, 0.3) is 16.9 Å². The first-order valence-corrected chi connectivity index (χ1v) is 8.52. The summed E-state index contributed by atoms with van der Waals surface area (Å²) in [5, 5.41) is 3.49. The van der Waals surface area contributed by atoms with Gasteiger partial charge < -0.3 is 10.1 Å². The van der Waals surface area contributed by atoms with Gasteiger partial charge in [0, 0.05) is 12.1 Å². The highest BCUT2D eigenvalue weighted by atomic mass is 16.5. The minimum Gasteiger partial charge on any atom is -0.494 e. The highest BCUT2D eigenvalue weighted by Crippen LogP contribution is 2.24. The molecule has 0 bridgehead atoms. The number of fused-ring (bicyclic) bond motifs is 1. The fraction of sp³-hybridized carbons (Fsp3) is 0.389. The van der Waals surface area contributed by atoms with Gasteiger partial charge in [0.2, 0.25) is 0 Å². The van der Waals surface area contributed by atoms with Gasteiger partial charge in [0.1, 0.15) is 17.9 Å². The molecule has 0 aliphatic heterocycles. The van der Waals surface area contributed by atoms with Crippen molar-refractivity contribution in [3.63, 3.8) is 0 Å². The first-order chi connectivity index (χ1) is 11.8. The van der Waals surface area contributed by atoms with Crippen molar-refractivity contribution in [2.45, 2.75) is 38.6 Å². The van der Waals surface area contributed by atoms with E-state index in [0.717, 1.165) is 28.4 Å². The Balaban J connectivity index is 1.67. The van der Waals surface area contributed by atoms with E-state index < -0.39 is 0 Å². The molecule has 1 aromatic carbocycles. The van der Waals surface area contributed by atoms with E-state index in [2.05, 4.69) is 15.3 Å². The van der Waals surface area contributed by atoms with Crippen molar-refractivity contribution in [1.29, 1.82) is 0 Å². The second-order valence-electron chi connectivity index (χ2n) is 6.09. The summed E-state index contributed by atoms with van der Waals surface area (Å²) in [5.74, 6) is 2.41. The van der Waals surface area contributed by atoms with E-state index in [4.69, 9.17) is 9.72 Å². The summed E-state index contributed by atoms with van der Waals surface area (Å²) in [4.78, 5) is 13.5. The number of imidazole rings is 1. The number of hydrogen-bond donors (Lipinski definition) is 1. The largest absolute Gasteiger partial charge is 0.494 e. The highest BCUT2D eigenvalue weighted by molar-refractivity contribution is 5.78. The van der Waals surface area contributed by atoms with E-state index in [1.54, 1.807) is 18.7 Å². The minimum absolute atomic E-state index is 0.513. The van der Waals surface area contributed by atoms with Crippen LogP contribution in [0, 0.1) is 0 Å². The molecule has 6 nitrogen and oxygen atoms in total. The molecule has 0 radical (unpaired) electrons. The van der Waals surface area contributed by atoms with E-state index in [1.807, 2.05) is 29.7 Å². The standard InChI is InChI=1S/C18H21N5O/c1-2-24-14-7-8-15-16(9-14)23(12-20-15)18-11-19-10-17(22-18)21-13-5-3-4-6-13/h7-13H,2-6H2,1H3,(H,21,22). The van der Waals surface area contributed by atoms with Gasteiger partial charge in [-0.15, -0.1) is 0 Å². The van der Waals surface area contributed by atoms with Crippen LogP contribution in [0.2, 0.25) is 0 Å². The maximum atomic E-state index is 5.60. The summed E-state index contributed by atoms with van der Waals surface area (Å²) in [6, 6.07) is 6.40. The molecule has 2 heterocycles. The lowest BCUT2D eigenvalue weighted by molar-refractivity contribution is 0.340. The fourth-order valence-electron chi connectivity index (χ4n) is 3.25. The minimum atomic E-state index is 0.513. The molecule has 1 saturated carbocycles. The van der Waals surface area contributed by atoms with Gasteiger partial charge in [-0.3, -0.25) is 9.55 Å². The van der Waals surface area contributed by atoms with Gasteiger partial charge in [-0.1, -0.05) is 12.8 Å². The van der Waals surface area contributed by atoms with Gasteiger partial charge in [-0.25, -0.2) is 9.97 Å². The van der Waals surface area contributed by atoms with E-state index in [-0.39, 0.29) is 0 Å². The second-order valence-corrected chi connectivity index (χ2v) is 6.09. The number of aromatic nitrogens is 4. The van der Waals surface area contributed by atoms with Crippen molar-refractivity contribution in [1.82, 2.24) is 19.5 Å². The van der Waals surface area contributed by atoms with Crippen molar-refractivity contribution >= 4 is 16.9 Å². The van der Waals surface area contributed by atoms with Crippen molar-refractivity contribution < 1.29 is 4.74 Å². The maximum Gasteiger partial charge on any atom is 0.159 e. The molecule has 3 aromatic rings. The molecule has 2 aromatic heterocycles. The van der Waals surface area contributed by atoms with Crippen molar-refractivity contribution in [3.8, 4) is 11.6 Å². The van der Waals surface area contributed by atoms with Crippen LogP contribution in [-0.2, 0) is 0 Å². The van der Waals surface area contributed by atoms with Crippen molar-refractivity contribution in [3.05, 3.63) is 36.9 Å². The zero-order chi connectivity index (χ0) is 16.4. The molecule has 1 aliphatic rings. The summed E-state index contributed by atoms with van der Waals surface area (Å²) < 4.78 is 7.55. The quantitative estimate of drug-likeness (QED) is 0.777. The lowest BCUT2D eigenvalue weighted by Gasteiger charge is -2.13. The Hall–Kier alpha value is -2.63. The van der Waals surface area contributed by atoms with Gasteiger partial charge in [0.25, 0.3) is 0 Å². The van der Waals surface area contributed by atoms with Gasteiger partial charge in [-0.05, 0) is 31.9 Å². The number of benzene rings is 1. The van der Waals surface area contributed by atoms with E-state index >= 15 is 0 Å². The summed E-state index contributed by atoms with van der Waals surface area (Å²) in [6.45, 7) is 2.62. The van der Waals surface area contributed by atoms with Crippen LogP contribution in [0.5, 0.6) is 5.75 Å². The Bertz CT molecular complexity index is 838. The van der Waals surface area contributed by atoms with Crippen molar-refractivity contribution in [2.24, 2.45) is 0 Å². The summed E-state index contributed by atoms with van der Waals surface area (Å²) in [5.41, 5.74) is 1.88. The maximum absolute atomic E-state index is 5.60. The molecule has 0 saturated heterocycles. The molecule has 0 spiro atoms. The van der Waals surface area contributed by atoms with E-state index in [1.165, 1.54) is 25.7 Å². The van der Waals surface area contributed by atoms with E-state index in [0.29, 0.717) is 12.6 Å². The third-order valence-corrected chi connectivity index (χ3v) is 4.41. The lowest BCUT2D eigenvalue weighted by Crippen LogP contribution is -2.16. The predicted molar refractivity (Wildman–Crippen MR) is 93.7 cm³/mol. The van der Waals surface area contributed by atoms with Crippen LogP contribution in [0.3, 0.4) is 0 Å². The number of rotatable bonds is 5. The summed E-state index contributed by atoms with van der Waals surface area (Å²) in [6.07, 6.45) is 10.3. The Morgan fingerprint density at radius 2 is 2.12 bits per heavy atom. The number of anilines is 1. The molecule has 24 heavy (non-hydrogen) atoms. The highest BCUT2D eigenvalue weighted by Gasteiger charge is 2.15. The number of nitrogens with zero attached hydrogens (tertiary/aromatic N) is 4. The summed E-state index contributed by atoms with van der Waals surface area (Å²) >= 11 is 0. The third-order valence-electron chi connectivity index (χ3n) is 4.41.